The molecule has 0 saturated carbocycles. The Kier molecular flexibility index (Phi) is 4.14. The third kappa shape index (κ3) is 2.52. The van der Waals surface area contributed by atoms with Crippen LogP contribution in [0.4, 0.5) is 0 Å². The molecule has 2 heteroatoms. The summed E-state index contributed by atoms with van der Waals surface area (Å²) in [6.45, 7) is 0. The molecular formula is C19H11NY-2. The fraction of sp³-hybridized carbons (Fsp3) is 0. The van der Waals surface area contributed by atoms with Crippen LogP contribution in [0.1, 0.15) is 0 Å². The van der Waals surface area contributed by atoms with Gasteiger partial charge < -0.3 is 0 Å². The van der Waals surface area contributed by atoms with Gasteiger partial charge in [0.25, 0.3) is 0 Å². The Labute approximate surface area is 148 Å². The summed E-state index contributed by atoms with van der Waals surface area (Å²) in [5, 5.41) is 3.40. The minimum atomic E-state index is 0. The molecule has 0 amide bonds. The Bertz CT molecular complexity index is 901. The maximum absolute atomic E-state index is 4.81. The third-order valence-electron chi connectivity index (χ3n) is 3.48. The van der Waals surface area contributed by atoms with Crippen LogP contribution in [-0.2, 0) is 32.7 Å². The van der Waals surface area contributed by atoms with Gasteiger partial charge in [0.1, 0.15) is 0 Å². The molecule has 0 atom stereocenters. The standard InChI is InChI=1S/C19H11N.Y/c1-2-8-14(9-3-1)19-17-12-5-4-10-15(17)16-11-6-7-13-18(16)20-19;/h1-8,10-11,13H;/q-2;. The van der Waals surface area contributed by atoms with E-state index in [-0.39, 0.29) is 32.7 Å². The van der Waals surface area contributed by atoms with E-state index in [1.54, 1.807) is 0 Å². The summed E-state index contributed by atoms with van der Waals surface area (Å²) < 4.78 is 0. The summed E-state index contributed by atoms with van der Waals surface area (Å²) in [7, 11) is 0. The van der Waals surface area contributed by atoms with E-state index in [9.17, 15) is 0 Å². The van der Waals surface area contributed by atoms with E-state index in [4.69, 9.17) is 4.98 Å². The molecule has 0 fully saturated rings. The molecule has 4 aromatic rings. The van der Waals surface area contributed by atoms with Crippen molar-refractivity contribution in [2.75, 3.05) is 0 Å². The number of benzene rings is 3. The van der Waals surface area contributed by atoms with Gasteiger partial charge in [-0.15, -0.1) is 65.5 Å². The molecule has 0 spiro atoms. The van der Waals surface area contributed by atoms with Crippen LogP contribution in [0.2, 0.25) is 0 Å². The predicted octanol–water partition coefficient (Wildman–Crippen LogP) is 4.65. The van der Waals surface area contributed by atoms with Crippen LogP contribution in [0.5, 0.6) is 0 Å². The fourth-order valence-electron chi connectivity index (χ4n) is 2.57. The largest absolute Gasteiger partial charge is 0.298 e. The van der Waals surface area contributed by atoms with Gasteiger partial charge >= 0.3 is 0 Å². The van der Waals surface area contributed by atoms with Crippen molar-refractivity contribution in [3.63, 3.8) is 0 Å². The molecule has 0 saturated heterocycles. The third-order valence-corrected chi connectivity index (χ3v) is 3.48. The van der Waals surface area contributed by atoms with Crippen LogP contribution in [0, 0.1) is 12.1 Å². The average molecular weight is 342 g/mol. The van der Waals surface area contributed by atoms with Crippen molar-refractivity contribution >= 4 is 21.7 Å². The number of pyridine rings is 1. The summed E-state index contributed by atoms with van der Waals surface area (Å²) in [5.41, 5.74) is 2.96. The zero-order valence-electron chi connectivity index (χ0n) is 11.4. The van der Waals surface area contributed by atoms with Gasteiger partial charge in [-0.1, -0.05) is 23.6 Å². The summed E-state index contributed by atoms with van der Waals surface area (Å²) in [5.74, 6) is 0. The fourth-order valence-corrected chi connectivity index (χ4v) is 2.57. The van der Waals surface area contributed by atoms with Crippen molar-refractivity contribution in [3.8, 4) is 11.3 Å². The quantitative estimate of drug-likeness (QED) is 0.362. The van der Waals surface area contributed by atoms with Gasteiger partial charge in [-0.25, -0.2) is 0 Å². The normalized spacial score (nSPS) is 10.5. The molecule has 0 aliphatic heterocycles. The first-order valence-electron chi connectivity index (χ1n) is 6.60. The number of rotatable bonds is 1. The number of hydrogen-bond donors (Lipinski definition) is 0. The molecule has 97 valence electrons. The first-order valence-corrected chi connectivity index (χ1v) is 6.60. The van der Waals surface area contributed by atoms with E-state index < -0.39 is 0 Å². The average Bonchev–Trinajstić information content (AvgIpc) is 2.55. The van der Waals surface area contributed by atoms with Gasteiger partial charge in [0, 0.05) is 32.7 Å². The topological polar surface area (TPSA) is 12.9 Å². The second-order valence-corrected chi connectivity index (χ2v) is 4.71. The van der Waals surface area contributed by atoms with E-state index in [0.717, 1.165) is 22.2 Å². The van der Waals surface area contributed by atoms with E-state index >= 15 is 0 Å². The van der Waals surface area contributed by atoms with Gasteiger partial charge in [-0.05, 0) is 17.1 Å². The van der Waals surface area contributed by atoms with Crippen molar-refractivity contribution < 1.29 is 32.7 Å². The molecule has 1 nitrogen and oxygen atoms in total. The first-order chi connectivity index (χ1) is 9.93. The molecular weight excluding hydrogens is 331 g/mol. The molecule has 0 unspecified atom stereocenters. The van der Waals surface area contributed by atoms with Crippen molar-refractivity contribution in [3.05, 3.63) is 78.9 Å². The molecule has 1 radical (unpaired) electrons. The van der Waals surface area contributed by atoms with Crippen LogP contribution in [0.15, 0.2) is 66.7 Å². The number of fused-ring (bicyclic) bond motifs is 3. The summed E-state index contributed by atoms with van der Waals surface area (Å²) in [4.78, 5) is 4.81. The number of para-hydroxylation sites is 1. The predicted molar refractivity (Wildman–Crippen MR) is 82.4 cm³/mol. The summed E-state index contributed by atoms with van der Waals surface area (Å²) in [6, 6.07) is 28.8. The Morgan fingerprint density at radius 2 is 1.48 bits per heavy atom. The minimum Gasteiger partial charge on any atom is -0.298 e. The molecule has 4 rings (SSSR count). The maximum atomic E-state index is 4.81. The Balaban J connectivity index is 0.00000132. The molecule has 1 heterocycles. The van der Waals surface area contributed by atoms with Crippen molar-refractivity contribution in [1.29, 1.82) is 0 Å². The van der Waals surface area contributed by atoms with Crippen molar-refractivity contribution in [2.45, 2.75) is 0 Å². The Morgan fingerprint density at radius 1 is 0.714 bits per heavy atom. The second kappa shape index (κ2) is 6.05. The van der Waals surface area contributed by atoms with Crippen molar-refractivity contribution in [2.24, 2.45) is 0 Å². The molecule has 0 bridgehead atoms. The maximum Gasteiger partial charge on any atom is 0.0508 e. The molecule has 0 aliphatic carbocycles. The monoisotopic (exact) mass is 342 g/mol. The number of aromatic nitrogens is 1. The number of nitrogens with zero attached hydrogens (tertiary/aromatic N) is 1. The first kappa shape index (κ1) is 14.4. The van der Waals surface area contributed by atoms with Gasteiger partial charge in [-0.3, -0.25) is 4.98 Å². The molecule has 1 aromatic heterocycles. The molecule has 21 heavy (non-hydrogen) atoms. The van der Waals surface area contributed by atoms with E-state index in [0.29, 0.717) is 0 Å². The Hall–Kier alpha value is -1.57. The zero-order valence-corrected chi connectivity index (χ0v) is 14.2. The van der Waals surface area contributed by atoms with E-state index in [1.807, 2.05) is 54.6 Å². The van der Waals surface area contributed by atoms with Gasteiger partial charge in [0.05, 0.1) is 5.52 Å². The SMILES string of the molecule is [Y].[c-]1ccccc1-c1nc2ccccc2c2ccc[c-]c12. The van der Waals surface area contributed by atoms with E-state index in [2.05, 4.69) is 24.3 Å². The van der Waals surface area contributed by atoms with Gasteiger partial charge in [-0.2, -0.15) is 0 Å². The number of hydrogen-bond acceptors (Lipinski definition) is 1. The summed E-state index contributed by atoms with van der Waals surface area (Å²) >= 11 is 0. The van der Waals surface area contributed by atoms with E-state index in [1.165, 1.54) is 10.8 Å². The second-order valence-electron chi connectivity index (χ2n) is 4.71. The Morgan fingerprint density at radius 3 is 2.33 bits per heavy atom. The van der Waals surface area contributed by atoms with Crippen LogP contribution >= 0.6 is 0 Å². The molecule has 0 N–H and O–H groups in total. The summed E-state index contributed by atoms with van der Waals surface area (Å²) in [6.07, 6.45) is 0. The van der Waals surface area contributed by atoms with Crippen molar-refractivity contribution in [1.82, 2.24) is 4.98 Å². The van der Waals surface area contributed by atoms with Crippen LogP contribution in [0.25, 0.3) is 32.9 Å². The minimum absolute atomic E-state index is 0. The van der Waals surface area contributed by atoms with Crippen LogP contribution < -0.4 is 0 Å². The van der Waals surface area contributed by atoms with Gasteiger partial charge in [0.2, 0.25) is 0 Å². The van der Waals surface area contributed by atoms with Crippen LogP contribution in [0.3, 0.4) is 0 Å². The van der Waals surface area contributed by atoms with Crippen LogP contribution in [-0.4, -0.2) is 4.98 Å². The molecule has 3 aromatic carbocycles. The smallest absolute Gasteiger partial charge is 0.0508 e. The van der Waals surface area contributed by atoms with Gasteiger partial charge in [0.15, 0.2) is 0 Å². The molecule has 0 aliphatic rings. The zero-order chi connectivity index (χ0) is 13.4.